The SMILES string of the molecule is COc1ccc(C)cc1Nc1cnnc(Nc2cc(Cl)ccc2OC)n1. The van der Waals surface area contributed by atoms with Crippen molar-refractivity contribution < 1.29 is 9.47 Å². The number of aryl methyl sites for hydroxylation is 1. The van der Waals surface area contributed by atoms with Crippen molar-refractivity contribution in [3.63, 3.8) is 0 Å². The molecular weight excluding hydrogens is 354 g/mol. The van der Waals surface area contributed by atoms with E-state index in [9.17, 15) is 0 Å². The summed E-state index contributed by atoms with van der Waals surface area (Å²) in [5.74, 6) is 2.16. The van der Waals surface area contributed by atoms with Gasteiger partial charge in [-0.05, 0) is 42.8 Å². The highest BCUT2D eigenvalue weighted by Crippen LogP contribution is 2.30. The van der Waals surface area contributed by atoms with Gasteiger partial charge < -0.3 is 20.1 Å². The van der Waals surface area contributed by atoms with Gasteiger partial charge in [0.25, 0.3) is 0 Å². The predicted molar refractivity (Wildman–Crippen MR) is 102 cm³/mol. The molecule has 0 radical (unpaired) electrons. The van der Waals surface area contributed by atoms with Crippen LogP contribution in [0.5, 0.6) is 11.5 Å². The average molecular weight is 372 g/mol. The highest BCUT2D eigenvalue weighted by Gasteiger charge is 2.09. The second-order valence-corrected chi connectivity index (χ2v) is 5.90. The van der Waals surface area contributed by atoms with Crippen molar-refractivity contribution in [2.24, 2.45) is 0 Å². The number of aromatic nitrogens is 3. The van der Waals surface area contributed by atoms with Crippen LogP contribution in [0.15, 0.2) is 42.6 Å². The molecule has 3 aromatic rings. The van der Waals surface area contributed by atoms with E-state index in [-0.39, 0.29) is 0 Å². The Labute approximate surface area is 156 Å². The van der Waals surface area contributed by atoms with Crippen LogP contribution in [0.25, 0.3) is 0 Å². The van der Waals surface area contributed by atoms with Gasteiger partial charge in [0.15, 0.2) is 5.82 Å². The molecule has 2 aromatic carbocycles. The highest BCUT2D eigenvalue weighted by atomic mass is 35.5. The van der Waals surface area contributed by atoms with Gasteiger partial charge in [0.2, 0.25) is 5.95 Å². The molecule has 0 aliphatic carbocycles. The molecule has 0 aliphatic rings. The number of nitrogens with one attached hydrogen (secondary N) is 2. The van der Waals surface area contributed by atoms with Gasteiger partial charge in [-0.1, -0.05) is 17.7 Å². The smallest absolute Gasteiger partial charge is 0.249 e. The molecule has 0 amide bonds. The number of nitrogens with zero attached hydrogens (tertiary/aromatic N) is 3. The van der Waals surface area contributed by atoms with E-state index in [0.717, 1.165) is 11.3 Å². The van der Waals surface area contributed by atoms with Gasteiger partial charge in [-0.3, -0.25) is 0 Å². The zero-order valence-corrected chi connectivity index (χ0v) is 15.3. The molecule has 8 heteroatoms. The van der Waals surface area contributed by atoms with Crippen LogP contribution in [0, 0.1) is 6.92 Å². The summed E-state index contributed by atoms with van der Waals surface area (Å²) in [6.07, 6.45) is 1.53. The maximum atomic E-state index is 6.05. The molecule has 0 spiro atoms. The minimum absolute atomic E-state index is 0.308. The second-order valence-electron chi connectivity index (χ2n) is 5.46. The van der Waals surface area contributed by atoms with Gasteiger partial charge in [-0.25, -0.2) is 0 Å². The summed E-state index contributed by atoms with van der Waals surface area (Å²) in [6, 6.07) is 11.1. The maximum absolute atomic E-state index is 6.05. The van der Waals surface area contributed by atoms with Crippen LogP contribution in [-0.2, 0) is 0 Å². The Morgan fingerprint density at radius 3 is 2.35 bits per heavy atom. The third kappa shape index (κ3) is 4.12. The summed E-state index contributed by atoms with van der Waals surface area (Å²) in [5, 5.41) is 14.8. The fourth-order valence-electron chi connectivity index (χ4n) is 2.37. The molecule has 0 fully saturated rings. The second kappa shape index (κ2) is 7.88. The lowest BCUT2D eigenvalue weighted by Crippen LogP contribution is -2.04. The minimum Gasteiger partial charge on any atom is -0.495 e. The molecule has 1 heterocycles. The largest absolute Gasteiger partial charge is 0.495 e. The normalized spacial score (nSPS) is 10.3. The van der Waals surface area contributed by atoms with Gasteiger partial charge in [0, 0.05) is 5.02 Å². The van der Waals surface area contributed by atoms with Crippen LogP contribution >= 0.6 is 11.6 Å². The molecule has 7 nitrogen and oxygen atoms in total. The van der Waals surface area contributed by atoms with Crippen LogP contribution in [0.3, 0.4) is 0 Å². The van der Waals surface area contributed by atoms with E-state index in [1.54, 1.807) is 32.4 Å². The molecule has 0 atom stereocenters. The Balaban J connectivity index is 1.85. The maximum Gasteiger partial charge on any atom is 0.249 e. The molecule has 1 aromatic heterocycles. The predicted octanol–water partition coefficient (Wildman–Crippen LogP) is 4.34. The van der Waals surface area contributed by atoms with Crippen molar-refractivity contribution in [1.29, 1.82) is 0 Å². The van der Waals surface area contributed by atoms with E-state index in [0.29, 0.717) is 34.0 Å². The fourth-order valence-corrected chi connectivity index (χ4v) is 2.54. The summed E-state index contributed by atoms with van der Waals surface area (Å²) in [7, 11) is 3.20. The summed E-state index contributed by atoms with van der Waals surface area (Å²) in [4.78, 5) is 4.42. The molecule has 3 rings (SSSR count). The number of methoxy groups -OCH3 is 2. The van der Waals surface area contributed by atoms with Crippen molar-refractivity contribution in [1.82, 2.24) is 15.2 Å². The first-order valence-electron chi connectivity index (χ1n) is 7.81. The third-order valence-corrected chi connectivity index (χ3v) is 3.82. The zero-order valence-electron chi connectivity index (χ0n) is 14.6. The highest BCUT2D eigenvalue weighted by molar-refractivity contribution is 6.31. The number of halogens is 1. The van der Waals surface area contributed by atoms with Crippen LogP contribution in [0.2, 0.25) is 5.02 Å². The van der Waals surface area contributed by atoms with Gasteiger partial charge in [-0.2, -0.15) is 10.1 Å². The van der Waals surface area contributed by atoms with Crippen LogP contribution in [-0.4, -0.2) is 29.4 Å². The topological polar surface area (TPSA) is 81.2 Å². The first-order chi connectivity index (χ1) is 12.6. The van der Waals surface area contributed by atoms with Crippen LogP contribution < -0.4 is 20.1 Å². The number of hydrogen-bond donors (Lipinski definition) is 2. The molecule has 0 saturated heterocycles. The first kappa shape index (κ1) is 17.8. The molecule has 0 saturated carbocycles. The molecule has 26 heavy (non-hydrogen) atoms. The number of ether oxygens (including phenoxy) is 2. The van der Waals surface area contributed by atoms with E-state index < -0.39 is 0 Å². The van der Waals surface area contributed by atoms with Crippen LogP contribution in [0.4, 0.5) is 23.1 Å². The number of hydrogen-bond acceptors (Lipinski definition) is 7. The van der Waals surface area contributed by atoms with Crippen molar-refractivity contribution >= 4 is 34.7 Å². The van der Waals surface area contributed by atoms with Crippen molar-refractivity contribution in [3.05, 3.63) is 53.2 Å². The van der Waals surface area contributed by atoms with Gasteiger partial charge in [0.05, 0.1) is 31.8 Å². The Morgan fingerprint density at radius 2 is 1.62 bits per heavy atom. The number of anilines is 4. The molecule has 0 aliphatic heterocycles. The first-order valence-corrected chi connectivity index (χ1v) is 8.19. The van der Waals surface area contributed by atoms with Crippen molar-refractivity contribution in [2.75, 3.05) is 24.9 Å². The van der Waals surface area contributed by atoms with Crippen LogP contribution in [0.1, 0.15) is 5.56 Å². The van der Waals surface area contributed by atoms with E-state index in [2.05, 4.69) is 25.8 Å². The lowest BCUT2D eigenvalue weighted by molar-refractivity contribution is 0.416. The summed E-state index contributed by atoms with van der Waals surface area (Å²) >= 11 is 6.05. The minimum atomic E-state index is 0.308. The number of benzene rings is 2. The molecule has 2 N–H and O–H groups in total. The number of rotatable bonds is 6. The Hall–Kier alpha value is -3.06. The summed E-state index contributed by atoms with van der Waals surface area (Å²) < 4.78 is 10.7. The summed E-state index contributed by atoms with van der Waals surface area (Å²) in [5.41, 5.74) is 2.53. The molecule has 134 valence electrons. The average Bonchev–Trinajstić information content (AvgIpc) is 2.62. The summed E-state index contributed by atoms with van der Waals surface area (Å²) in [6.45, 7) is 2.00. The van der Waals surface area contributed by atoms with Crippen molar-refractivity contribution in [3.8, 4) is 11.5 Å². The lowest BCUT2D eigenvalue weighted by atomic mass is 10.2. The lowest BCUT2D eigenvalue weighted by Gasteiger charge is -2.13. The Morgan fingerprint density at radius 1 is 0.923 bits per heavy atom. The zero-order chi connectivity index (χ0) is 18.5. The van der Waals surface area contributed by atoms with Gasteiger partial charge >= 0.3 is 0 Å². The van der Waals surface area contributed by atoms with E-state index in [1.807, 2.05) is 25.1 Å². The van der Waals surface area contributed by atoms with E-state index in [1.165, 1.54) is 6.20 Å². The van der Waals surface area contributed by atoms with Gasteiger partial charge in [-0.15, -0.1) is 5.10 Å². The monoisotopic (exact) mass is 371 g/mol. The Kier molecular flexibility index (Phi) is 5.38. The molecular formula is C18H18ClN5O2. The molecule has 0 bridgehead atoms. The van der Waals surface area contributed by atoms with Crippen molar-refractivity contribution in [2.45, 2.75) is 6.92 Å². The van der Waals surface area contributed by atoms with E-state index in [4.69, 9.17) is 21.1 Å². The Bertz CT molecular complexity index is 849. The van der Waals surface area contributed by atoms with Gasteiger partial charge in [0.1, 0.15) is 11.5 Å². The third-order valence-electron chi connectivity index (χ3n) is 3.58. The standard InChI is InChI=1S/C18H18ClN5O2/c1-11-4-6-15(25-2)13(8-11)21-17-10-20-24-18(23-17)22-14-9-12(19)5-7-16(14)26-3/h4-10H,1-3H3,(H2,21,22,23,24). The molecule has 0 unspecified atom stereocenters. The fraction of sp³-hybridized carbons (Fsp3) is 0.167. The van der Waals surface area contributed by atoms with E-state index >= 15 is 0 Å². The quantitative estimate of drug-likeness (QED) is 0.667.